The average molecular weight is 339 g/mol. The molecule has 1 heterocycles. The number of carbonyl (C=O) groups is 1. The highest BCUT2D eigenvalue weighted by Gasteiger charge is 2.10. The van der Waals surface area contributed by atoms with Crippen molar-refractivity contribution in [3.05, 3.63) is 22.6 Å². The zero-order valence-electron chi connectivity index (χ0n) is 8.43. The Morgan fingerprint density at radius 2 is 2.33 bits per heavy atom. The van der Waals surface area contributed by atoms with Gasteiger partial charge in [-0.3, -0.25) is 4.79 Å². The standard InChI is InChI=1S/C10H13Br2NO2/c1-7(4-5-11)6-13-10(14)8-2-3-9(12)15-8/h2-3,7H,4-6H2,1H3,(H,13,14). The van der Waals surface area contributed by atoms with Gasteiger partial charge in [-0.25, -0.2) is 0 Å². The predicted molar refractivity (Wildman–Crippen MR) is 66.3 cm³/mol. The summed E-state index contributed by atoms with van der Waals surface area (Å²) in [5.74, 6) is 0.641. The maximum Gasteiger partial charge on any atom is 0.287 e. The lowest BCUT2D eigenvalue weighted by atomic mass is 10.1. The van der Waals surface area contributed by atoms with Gasteiger partial charge in [0, 0.05) is 11.9 Å². The Morgan fingerprint density at radius 1 is 1.60 bits per heavy atom. The first-order valence-electron chi connectivity index (χ1n) is 4.73. The molecule has 5 heteroatoms. The monoisotopic (exact) mass is 337 g/mol. The van der Waals surface area contributed by atoms with Crippen molar-refractivity contribution in [1.82, 2.24) is 5.32 Å². The molecule has 3 nitrogen and oxygen atoms in total. The minimum atomic E-state index is -0.165. The average Bonchev–Trinajstić information content (AvgIpc) is 2.62. The number of alkyl halides is 1. The molecule has 1 N–H and O–H groups in total. The lowest BCUT2D eigenvalue weighted by Gasteiger charge is -2.09. The molecule has 0 aliphatic rings. The van der Waals surface area contributed by atoms with E-state index in [1.807, 2.05) is 0 Å². The number of carbonyl (C=O) groups excluding carboxylic acids is 1. The van der Waals surface area contributed by atoms with Gasteiger partial charge >= 0.3 is 0 Å². The molecule has 1 aromatic rings. The van der Waals surface area contributed by atoms with Gasteiger partial charge in [0.1, 0.15) is 0 Å². The van der Waals surface area contributed by atoms with Gasteiger partial charge < -0.3 is 9.73 Å². The van der Waals surface area contributed by atoms with Crippen LogP contribution in [-0.4, -0.2) is 17.8 Å². The van der Waals surface area contributed by atoms with Crippen LogP contribution in [0.2, 0.25) is 0 Å². The first-order valence-corrected chi connectivity index (χ1v) is 6.64. The Hall–Kier alpha value is -0.290. The van der Waals surface area contributed by atoms with Gasteiger partial charge in [0.05, 0.1) is 0 Å². The van der Waals surface area contributed by atoms with E-state index in [9.17, 15) is 4.79 Å². The summed E-state index contributed by atoms with van der Waals surface area (Å²) < 4.78 is 5.70. The Balaban J connectivity index is 2.36. The number of hydrogen-bond acceptors (Lipinski definition) is 2. The van der Waals surface area contributed by atoms with Crippen LogP contribution in [0, 0.1) is 5.92 Å². The number of rotatable bonds is 5. The second-order valence-corrected chi connectivity index (χ2v) is 4.97. The number of amides is 1. The van der Waals surface area contributed by atoms with Crippen molar-refractivity contribution in [2.45, 2.75) is 13.3 Å². The molecule has 84 valence electrons. The Bertz CT molecular complexity index is 325. The summed E-state index contributed by atoms with van der Waals surface area (Å²) in [6, 6.07) is 3.35. The topological polar surface area (TPSA) is 42.2 Å². The third-order valence-corrected chi connectivity index (χ3v) is 2.89. The van der Waals surface area contributed by atoms with Crippen molar-refractivity contribution in [3.8, 4) is 0 Å². The highest BCUT2D eigenvalue weighted by molar-refractivity contribution is 9.10. The van der Waals surface area contributed by atoms with Gasteiger partial charge in [-0.1, -0.05) is 22.9 Å². The van der Waals surface area contributed by atoms with E-state index in [2.05, 4.69) is 44.1 Å². The highest BCUT2D eigenvalue weighted by Crippen LogP contribution is 2.13. The summed E-state index contributed by atoms with van der Waals surface area (Å²) in [5, 5.41) is 3.78. The maximum absolute atomic E-state index is 11.5. The molecule has 1 amide bonds. The van der Waals surface area contributed by atoms with E-state index < -0.39 is 0 Å². The number of nitrogens with one attached hydrogen (secondary N) is 1. The first kappa shape index (κ1) is 12.8. The van der Waals surface area contributed by atoms with E-state index in [4.69, 9.17) is 4.42 Å². The van der Waals surface area contributed by atoms with Crippen molar-refractivity contribution in [2.75, 3.05) is 11.9 Å². The van der Waals surface area contributed by atoms with Crippen molar-refractivity contribution < 1.29 is 9.21 Å². The molecule has 0 aromatic carbocycles. The van der Waals surface area contributed by atoms with Crippen molar-refractivity contribution in [3.63, 3.8) is 0 Å². The number of furan rings is 1. The molecular formula is C10H13Br2NO2. The van der Waals surface area contributed by atoms with E-state index in [0.29, 0.717) is 22.9 Å². The van der Waals surface area contributed by atoms with E-state index in [-0.39, 0.29) is 5.91 Å². The smallest absolute Gasteiger partial charge is 0.287 e. The molecule has 0 spiro atoms. The van der Waals surface area contributed by atoms with Gasteiger partial charge in [0.15, 0.2) is 10.4 Å². The SMILES string of the molecule is CC(CCBr)CNC(=O)c1ccc(Br)o1. The lowest BCUT2D eigenvalue weighted by molar-refractivity contribution is 0.0919. The predicted octanol–water partition coefficient (Wildman–Crippen LogP) is 3.19. The molecule has 1 unspecified atom stereocenters. The molecule has 1 aromatic heterocycles. The van der Waals surface area contributed by atoms with Crippen LogP contribution in [0.15, 0.2) is 21.2 Å². The Morgan fingerprint density at radius 3 is 2.87 bits per heavy atom. The van der Waals surface area contributed by atoms with E-state index >= 15 is 0 Å². The fraction of sp³-hybridized carbons (Fsp3) is 0.500. The van der Waals surface area contributed by atoms with Crippen molar-refractivity contribution in [2.24, 2.45) is 5.92 Å². The van der Waals surface area contributed by atoms with E-state index in [1.54, 1.807) is 12.1 Å². The molecule has 0 fully saturated rings. The van der Waals surface area contributed by atoms with Crippen LogP contribution < -0.4 is 5.32 Å². The normalized spacial score (nSPS) is 12.5. The summed E-state index contributed by atoms with van der Waals surface area (Å²) in [5.41, 5.74) is 0. The molecule has 0 radical (unpaired) electrons. The minimum Gasteiger partial charge on any atom is -0.444 e. The summed E-state index contributed by atoms with van der Waals surface area (Å²) in [6.45, 7) is 2.77. The summed E-state index contributed by atoms with van der Waals surface area (Å²) in [6.07, 6.45) is 1.04. The molecule has 1 rings (SSSR count). The second-order valence-electron chi connectivity index (χ2n) is 3.40. The van der Waals surface area contributed by atoms with Gasteiger partial charge in [-0.15, -0.1) is 0 Å². The summed E-state index contributed by atoms with van der Waals surface area (Å²) in [4.78, 5) is 11.5. The minimum absolute atomic E-state index is 0.165. The molecule has 0 saturated heterocycles. The van der Waals surface area contributed by atoms with E-state index in [0.717, 1.165) is 11.8 Å². The Labute approximate surface area is 106 Å². The highest BCUT2D eigenvalue weighted by atomic mass is 79.9. The van der Waals surface area contributed by atoms with Crippen molar-refractivity contribution in [1.29, 1.82) is 0 Å². The number of halogens is 2. The Kier molecular flexibility index (Phi) is 5.39. The zero-order chi connectivity index (χ0) is 11.3. The molecule has 0 saturated carbocycles. The quantitative estimate of drug-likeness (QED) is 0.838. The first-order chi connectivity index (χ1) is 7.13. The molecule has 0 aliphatic heterocycles. The molecule has 0 aliphatic carbocycles. The van der Waals surface area contributed by atoms with Crippen LogP contribution in [0.3, 0.4) is 0 Å². The van der Waals surface area contributed by atoms with Gasteiger partial charge in [0.2, 0.25) is 0 Å². The fourth-order valence-corrected chi connectivity index (χ4v) is 2.17. The zero-order valence-corrected chi connectivity index (χ0v) is 11.6. The lowest BCUT2D eigenvalue weighted by Crippen LogP contribution is -2.28. The second kappa shape index (κ2) is 6.33. The third-order valence-electron chi connectivity index (χ3n) is 2.01. The van der Waals surface area contributed by atoms with Crippen LogP contribution in [0.5, 0.6) is 0 Å². The largest absolute Gasteiger partial charge is 0.444 e. The summed E-state index contributed by atoms with van der Waals surface area (Å²) in [7, 11) is 0. The third kappa shape index (κ3) is 4.38. The van der Waals surface area contributed by atoms with Crippen LogP contribution in [0.1, 0.15) is 23.9 Å². The van der Waals surface area contributed by atoms with Gasteiger partial charge in [0.25, 0.3) is 5.91 Å². The van der Waals surface area contributed by atoms with Gasteiger partial charge in [-0.05, 0) is 40.4 Å². The van der Waals surface area contributed by atoms with Crippen LogP contribution in [-0.2, 0) is 0 Å². The molecule has 0 bridgehead atoms. The van der Waals surface area contributed by atoms with Crippen LogP contribution in [0.4, 0.5) is 0 Å². The molecular weight excluding hydrogens is 326 g/mol. The number of hydrogen-bond donors (Lipinski definition) is 1. The van der Waals surface area contributed by atoms with Crippen molar-refractivity contribution >= 4 is 37.8 Å². The van der Waals surface area contributed by atoms with Crippen LogP contribution >= 0.6 is 31.9 Å². The van der Waals surface area contributed by atoms with Crippen LogP contribution in [0.25, 0.3) is 0 Å². The van der Waals surface area contributed by atoms with E-state index in [1.165, 1.54) is 0 Å². The fourth-order valence-electron chi connectivity index (χ4n) is 1.08. The molecule has 1 atom stereocenters. The van der Waals surface area contributed by atoms with Gasteiger partial charge in [-0.2, -0.15) is 0 Å². The molecule has 15 heavy (non-hydrogen) atoms. The summed E-state index contributed by atoms with van der Waals surface area (Å²) >= 11 is 6.52. The maximum atomic E-state index is 11.5.